The number of aliphatic carboxylic acids is 1. The van der Waals surface area contributed by atoms with Crippen molar-refractivity contribution in [3.63, 3.8) is 0 Å². The summed E-state index contributed by atoms with van der Waals surface area (Å²) in [5, 5.41) is 106. The van der Waals surface area contributed by atoms with Crippen LogP contribution < -0.4 is 0 Å². The van der Waals surface area contributed by atoms with Crippen LogP contribution in [-0.2, 0) is 38.0 Å². The highest BCUT2D eigenvalue weighted by Crippen LogP contribution is 2.76. The molecule has 18 heteroatoms. The number of ether oxygens (including phenoxy) is 6. The van der Waals surface area contributed by atoms with Crippen molar-refractivity contribution < 1.29 is 89.1 Å². The Morgan fingerprint density at radius 2 is 1.25 bits per heavy atom. The van der Waals surface area contributed by atoms with E-state index in [9.17, 15) is 60.7 Å². The molecule has 8 rings (SSSR count). The Balaban J connectivity index is 1.04. The van der Waals surface area contributed by atoms with E-state index in [1.54, 1.807) is 0 Å². The number of hydrogen-bond donors (Lipinski definition) is 10. The Labute approximate surface area is 380 Å². The number of aliphatic hydroxyl groups excluding tert-OH is 9. The third-order valence-corrected chi connectivity index (χ3v) is 18.9. The van der Waals surface area contributed by atoms with Crippen molar-refractivity contribution in [2.24, 2.45) is 50.2 Å². The fourth-order valence-corrected chi connectivity index (χ4v) is 14.8. The van der Waals surface area contributed by atoms with Gasteiger partial charge in [-0.2, -0.15) is 0 Å². The molecule has 3 saturated heterocycles. The lowest BCUT2D eigenvalue weighted by Crippen LogP contribution is -2.66. The van der Waals surface area contributed by atoms with Gasteiger partial charge in [0.05, 0.1) is 24.7 Å². The normalized spacial score (nSPS) is 52.5. The quantitative estimate of drug-likeness (QED) is 0.0872. The van der Waals surface area contributed by atoms with Crippen molar-refractivity contribution in [2.45, 2.75) is 205 Å². The molecule has 65 heavy (non-hydrogen) atoms. The zero-order valence-corrected chi connectivity index (χ0v) is 38.7. The van der Waals surface area contributed by atoms with Crippen molar-refractivity contribution in [1.29, 1.82) is 0 Å². The summed E-state index contributed by atoms with van der Waals surface area (Å²) in [6.45, 7) is 14.5. The van der Waals surface area contributed by atoms with E-state index in [1.165, 1.54) is 5.57 Å². The van der Waals surface area contributed by atoms with Crippen molar-refractivity contribution >= 4 is 11.9 Å². The van der Waals surface area contributed by atoms with E-state index in [0.29, 0.717) is 19.3 Å². The SMILES string of the molecule is CC1(C)CC[C@]2(C(=O)O)CC[C@]3(C)C(=CC[C@@H]4[C@@]5(C)CC[C@H](O[C@@H]6O[C@H](C(=O)O[C@@H]7O[C@H](CO)[C@@H](O)[C@H](O)[C@H]7O)[C@@H](O[C@@H]7O[C@@H](CO)[C@H](O)[C@H]7O)[C@H](O)[C@H]6O)C(C)(C)[C@@H]5CC[C@]43C)[C@H]2C1. The highest BCUT2D eigenvalue weighted by molar-refractivity contribution is 5.77. The van der Waals surface area contributed by atoms with Gasteiger partial charge in [0, 0.05) is 0 Å². The van der Waals surface area contributed by atoms with Crippen LogP contribution in [0.5, 0.6) is 0 Å². The second-order valence-electron chi connectivity index (χ2n) is 23.0. The zero-order chi connectivity index (χ0) is 47.6. The van der Waals surface area contributed by atoms with Gasteiger partial charge in [-0.3, -0.25) is 4.79 Å². The number of fused-ring (bicyclic) bond motifs is 7. The predicted molar refractivity (Wildman–Crippen MR) is 225 cm³/mol. The number of hydrogen-bond acceptors (Lipinski definition) is 17. The first-order valence-corrected chi connectivity index (χ1v) is 23.7. The molecule has 5 aliphatic carbocycles. The lowest BCUT2D eigenvalue weighted by Gasteiger charge is -2.71. The minimum absolute atomic E-state index is 0.00762. The van der Waals surface area contributed by atoms with Crippen molar-refractivity contribution in [1.82, 2.24) is 0 Å². The fraction of sp³-hybridized carbons (Fsp3) is 0.915. The van der Waals surface area contributed by atoms with E-state index in [2.05, 4.69) is 54.5 Å². The summed E-state index contributed by atoms with van der Waals surface area (Å²) in [4.78, 5) is 27.2. The maximum atomic E-state index is 14.0. The largest absolute Gasteiger partial charge is 0.481 e. The standard InChI is InChI=1S/C47H74O18/c1-42(2)14-16-47(41(58)59)17-15-45(6)21(22(47)18-42)8-9-26-44(5)12-11-27(43(3,4)25(44)10-13-46(26,45)7)62-40-34(56)31(53)35(63-38-32(54)29(51)24(20-49)60-38)36(64-40)37(57)65-39-33(55)30(52)28(50)23(19-48)61-39/h8,22-36,38-40,48-56H,9-20H2,1-7H3,(H,58,59)/t22-,23-,24+,25+,26-,27+,28-,29+,30+,31-,32-,33-,34-,35+,36+,38+,39+,40-,44+,45-,46-,47+/m1/s1. The minimum Gasteiger partial charge on any atom is -0.481 e. The number of rotatable bonds is 9. The van der Waals surface area contributed by atoms with Crippen LogP contribution >= 0.6 is 0 Å². The Bertz CT molecular complexity index is 1820. The van der Waals surface area contributed by atoms with Gasteiger partial charge >= 0.3 is 11.9 Å². The summed E-state index contributed by atoms with van der Waals surface area (Å²) in [5.41, 5.74) is -0.309. The van der Waals surface area contributed by atoms with Gasteiger partial charge in [0.1, 0.15) is 61.0 Å². The summed E-state index contributed by atoms with van der Waals surface area (Å²) >= 11 is 0. The molecule has 370 valence electrons. The van der Waals surface area contributed by atoms with Crippen LogP contribution in [0.25, 0.3) is 0 Å². The lowest BCUT2D eigenvalue weighted by atomic mass is 9.33. The Kier molecular flexibility index (Phi) is 13.1. The van der Waals surface area contributed by atoms with Crippen LogP contribution in [0.4, 0.5) is 0 Å². The molecule has 0 aromatic heterocycles. The summed E-state index contributed by atoms with van der Waals surface area (Å²) in [6.07, 6.45) is -15.0. The van der Waals surface area contributed by atoms with Crippen LogP contribution in [-0.4, -0.2) is 168 Å². The van der Waals surface area contributed by atoms with Gasteiger partial charge < -0.3 is 79.5 Å². The first-order chi connectivity index (χ1) is 30.3. The van der Waals surface area contributed by atoms with E-state index in [1.807, 2.05) is 0 Å². The molecule has 3 aliphatic heterocycles. The monoisotopic (exact) mass is 926 g/mol. The molecule has 0 amide bonds. The number of esters is 1. The van der Waals surface area contributed by atoms with Crippen molar-refractivity contribution in [3.05, 3.63) is 11.6 Å². The molecule has 0 spiro atoms. The molecule has 22 atom stereocenters. The maximum Gasteiger partial charge on any atom is 0.340 e. The Hall–Kier alpha value is -1.88. The topological polar surface area (TPSA) is 292 Å². The molecular formula is C47H74O18. The highest BCUT2D eigenvalue weighted by Gasteiger charge is 2.70. The lowest BCUT2D eigenvalue weighted by molar-refractivity contribution is -0.347. The average molecular weight is 927 g/mol. The second kappa shape index (κ2) is 17.2. The predicted octanol–water partition coefficient (Wildman–Crippen LogP) is 0.872. The van der Waals surface area contributed by atoms with Gasteiger partial charge in [-0.25, -0.2) is 4.79 Å². The molecule has 0 bridgehead atoms. The molecule has 18 nitrogen and oxygen atoms in total. The molecule has 0 aromatic carbocycles. The van der Waals surface area contributed by atoms with Gasteiger partial charge in [-0.1, -0.05) is 60.1 Å². The number of carbonyl (C=O) groups is 2. The Morgan fingerprint density at radius 1 is 0.662 bits per heavy atom. The molecule has 7 fully saturated rings. The first kappa shape index (κ1) is 49.5. The fourth-order valence-electron chi connectivity index (χ4n) is 14.8. The number of carboxylic acids is 1. The summed E-state index contributed by atoms with van der Waals surface area (Å²) in [6, 6.07) is 0. The third kappa shape index (κ3) is 7.67. The molecule has 0 radical (unpaired) electrons. The van der Waals surface area contributed by atoms with Crippen LogP contribution in [0, 0.1) is 50.2 Å². The second-order valence-corrected chi connectivity index (χ2v) is 23.0. The van der Waals surface area contributed by atoms with Crippen molar-refractivity contribution in [3.8, 4) is 0 Å². The van der Waals surface area contributed by atoms with E-state index < -0.39 is 128 Å². The van der Waals surface area contributed by atoms with Crippen LogP contribution in [0.15, 0.2) is 11.6 Å². The van der Waals surface area contributed by atoms with Gasteiger partial charge in [0.15, 0.2) is 18.7 Å². The van der Waals surface area contributed by atoms with Crippen molar-refractivity contribution in [2.75, 3.05) is 13.2 Å². The zero-order valence-electron chi connectivity index (χ0n) is 38.7. The van der Waals surface area contributed by atoms with Gasteiger partial charge in [-0.15, -0.1) is 0 Å². The summed E-state index contributed by atoms with van der Waals surface area (Å²) in [7, 11) is 0. The molecule has 3 heterocycles. The number of carboxylic acid groups (broad SMARTS) is 1. The molecule has 0 unspecified atom stereocenters. The van der Waals surface area contributed by atoms with Crippen LogP contribution in [0.3, 0.4) is 0 Å². The van der Waals surface area contributed by atoms with Crippen LogP contribution in [0.1, 0.15) is 113 Å². The Morgan fingerprint density at radius 3 is 1.89 bits per heavy atom. The molecule has 10 N–H and O–H groups in total. The number of aliphatic hydroxyl groups is 9. The average Bonchev–Trinajstić information content (AvgIpc) is 3.52. The van der Waals surface area contributed by atoms with E-state index in [0.717, 1.165) is 44.9 Å². The summed E-state index contributed by atoms with van der Waals surface area (Å²) in [5.74, 6) is -1.60. The number of allylic oxidation sites excluding steroid dienone is 2. The van der Waals surface area contributed by atoms with E-state index in [4.69, 9.17) is 28.4 Å². The molecule has 0 aromatic rings. The van der Waals surface area contributed by atoms with Gasteiger partial charge in [-0.05, 0) is 109 Å². The smallest absolute Gasteiger partial charge is 0.340 e. The molecule has 8 aliphatic rings. The van der Waals surface area contributed by atoms with Crippen LogP contribution in [0.2, 0.25) is 0 Å². The number of carbonyl (C=O) groups excluding carboxylic acids is 1. The molecule has 4 saturated carbocycles. The van der Waals surface area contributed by atoms with E-state index >= 15 is 0 Å². The van der Waals surface area contributed by atoms with E-state index in [-0.39, 0.29) is 39.4 Å². The highest BCUT2D eigenvalue weighted by atomic mass is 16.8. The molecular weight excluding hydrogens is 852 g/mol. The van der Waals surface area contributed by atoms with Gasteiger partial charge in [0.2, 0.25) is 6.29 Å². The maximum absolute atomic E-state index is 14.0. The van der Waals surface area contributed by atoms with Gasteiger partial charge in [0.25, 0.3) is 0 Å². The first-order valence-electron chi connectivity index (χ1n) is 23.7. The summed E-state index contributed by atoms with van der Waals surface area (Å²) < 4.78 is 34.8. The minimum atomic E-state index is -1.98. The third-order valence-electron chi connectivity index (χ3n) is 18.9.